The third kappa shape index (κ3) is 6.96. The van der Waals surface area contributed by atoms with Crippen molar-refractivity contribution < 1.29 is 30.8 Å². The molecule has 2 aliphatic heterocycles. The predicted molar refractivity (Wildman–Crippen MR) is 139 cm³/mol. The number of primary amides is 1. The molecule has 208 valence electrons. The summed E-state index contributed by atoms with van der Waals surface area (Å²) in [6, 6.07) is 7.88. The molecule has 2 aromatic carbocycles. The van der Waals surface area contributed by atoms with Crippen LogP contribution in [0.2, 0.25) is 5.02 Å². The molecule has 1 amide bonds. The number of carbonyl (C=O) groups is 1. The Hall–Kier alpha value is -2.41. The fraction of sp³-hybridized carbons (Fsp3) is 0.480. The second-order valence-corrected chi connectivity index (χ2v) is 12.3. The first-order valence-electron chi connectivity index (χ1n) is 12.2. The van der Waals surface area contributed by atoms with Crippen LogP contribution >= 0.6 is 11.6 Å². The van der Waals surface area contributed by atoms with E-state index < -0.39 is 34.2 Å². The molecule has 0 radical (unpaired) electrons. The Bertz CT molecular complexity index is 1280. The summed E-state index contributed by atoms with van der Waals surface area (Å²) in [5.41, 5.74) is 6.94. The Kier molecular flexibility index (Phi) is 8.55. The molecule has 7 nitrogen and oxygen atoms in total. The molecule has 38 heavy (non-hydrogen) atoms. The van der Waals surface area contributed by atoms with Crippen molar-refractivity contribution in [3.8, 4) is 11.1 Å². The molecule has 0 bridgehead atoms. The molecule has 2 aliphatic rings. The number of alkyl halides is 3. The molecular weight excluding hydrogens is 548 g/mol. The molecule has 0 aliphatic carbocycles. The SMILES string of the molecule is NC(=O)c1ccc(CN2CCS(=O)(=O)CC2)c(-c2ccc(Cl)cc2N2CCN(CCC(F)(F)F)CC2)c1F. The maximum absolute atomic E-state index is 15.9. The van der Waals surface area contributed by atoms with E-state index in [4.69, 9.17) is 17.3 Å². The van der Waals surface area contributed by atoms with E-state index in [2.05, 4.69) is 0 Å². The lowest BCUT2D eigenvalue weighted by atomic mass is 9.93. The van der Waals surface area contributed by atoms with Crippen molar-refractivity contribution in [1.82, 2.24) is 9.80 Å². The summed E-state index contributed by atoms with van der Waals surface area (Å²) in [6.07, 6.45) is -5.11. The van der Waals surface area contributed by atoms with Crippen LogP contribution in [-0.2, 0) is 16.4 Å². The highest BCUT2D eigenvalue weighted by atomic mass is 35.5. The lowest BCUT2D eigenvalue weighted by molar-refractivity contribution is -0.138. The quantitative estimate of drug-likeness (QED) is 0.508. The second kappa shape index (κ2) is 11.4. The molecule has 2 fully saturated rings. The van der Waals surface area contributed by atoms with Gasteiger partial charge in [0, 0.05) is 74.2 Å². The van der Waals surface area contributed by atoms with Gasteiger partial charge in [-0.1, -0.05) is 23.7 Å². The maximum Gasteiger partial charge on any atom is 0.390 e. The zero-order valence-electron chi connectivity index (χ0n) is 20.6. The Morgan fingerprint density at radius 2 is 1.63 bits per heavy atom. The van der Waals surface area contributed by atoms with Crippen LogP contribution in [0.25, 0.3) is 11.1 Å². The summed E-state index contributed by atoms with van der Waals surface area (Å²) in [7, 11) is -3.10. The molecule has 0 spiro atoms. The summed E-state index contributed by atoms with van der Waals surface area (Å²) in [4.78, 5) is 17.6. The average Bonchev–Trinajstić information content (AvgIpc) is 2.84. The predicted octanol–water partition coefficient (Wildman–Crippen LogP) is 3.55. The van der Waals surface area contributed by atoms with Crippen LogP contribution in [0, 0.1) is 5.82 Å². The topological polar surface area (TPSA) is 86.9 Å². The van der Waals surface area contributed by atoms with Crippen LogP contribution in [0.4, 0.5) is 23.2 Å². The molecule has 2 saturated heterocycles. The molecule has 0 aromatic heterocycles. The molecule has 4 rings (SSSR count). The normalized spacial score (nSPS) is 19.0. The van der Waals surface area contributed by atoms with Crippen molar-refractivity contribution in [3.05, 3.63) is 52.3 Å². The standard InChI is InChI=1S/C25H29ClF4N4O3S/c26-18-2-4-19(21(15-18)34-9-7-32(8-10-34)6-5-25(28,29)30)22-17(1-3-20(23(22)27)24(31)35)16-33-11-13-38(36,37)14-12-33/h1-4,15H,5-14,16H2,(H2,31,35). The number of benzene rings is 2. The first kappa shape index (κ1) is 28.6. The Morgan fingerprint density at radius 3 is 2.24 bits per heavy atom. The Balaban J connectivity index is 1.66. The Labute approximate surface area is 224 Å². The average molecular weight is 577 g/mol. The van der Waals surface area contributed by atoms with Crippen LogP contribution in [0.3, 0.4) is 0 Å². The van der Waals surface area contributed by atoms with E-state index in [0.717, 1.165) is 0 Å². The number of nitrogens with two attached hydrogens (primary N) is 1. The van der Waals surface area contributed by atoms with Crippen LogP contribution < -0.4 is 10.6 Å². The van der Waals surface area contributed by atoms with Crippen LogP contribution in [-0.4, -0.2) is 87.6 Å². The number of hydrogen-bond acceptors (Lipinski definition) is 6. The van der Waals surface area contributed by atoms with Crippen molar-refractivity contribution >= 4 is 33.0 Å². The second-order valence-electron chi connectivity index (χ2n) is 9.61. The number of halogens is 5. The van der Waals surface area contributed by atoms with Gasteiger partial charge >= 0.3 is 6.18 Å². The summed E-state index contributed by atoms with van der Waals surface area (Å²) >= 11 is 6.30. The van der Waals surface area contributed by atoms with Crippen molar-refractivity contribution in [2.75, 3.05) is 62.2 Å². The Morgan fingerprint density at radius 1 is 0.974 bits per heavy atom. The van der Waals surface area contributed by atoms with Gasteiger partial charge in [-0.2, -0.15) is 13.2 Å². The van der Waals surface area contributed by atoms with Gasteiger partial charge in [-0.05, 0) is 23.8 Å². The molecule has 0 atom stereocenters. The highest BCUT2D eigenvalue weighted by molar-refractivity contribution is 7.91. The van der Waals surface area contributed by atoms with E-state index in [1.807, 2.05) is 9.80 Å². The summed E-state index contributed by atoms with van der Waals surface area (Å²) in [5.74, 6) is -1.69. The van der Waals surface area contributed by atoms with E-state index in [1.54, 1.807) is 29.2 Å². The van der Waals surface area contributed by atoms with Gasteiger partial charge < -0.3 is 10.6 Å². The number of sulfone groups is 1. The maximum atomic E-state index is 15.9. The van der Waals surface area contributed by atoms with Gasteiger partial charge in [-0.15, -0.1) is 0 Å². The molecular formula is C25H29ClF4N4O3S. The van der Waals surface area contributed by atoms with Gasteiger partial charge in [0.15, 0.2) is 9.84 Å². The number of carbonyl (C=O) groups excluding carboxylic acids is 1. The van der Waals surface area contributed by atoms with E-state index in [0.29, 0.717) is 61.1 Å². The first-order chi connectivity index (χ1) is 17.8. The van der Waals surface area contributed by atoms with Gasteiger partial charge in [-0.3, -0.25) is 14.6 Å². The molecule has 2 N–H and O–H groups in total. The summed E-state index contributed by atoms with van der Waals surface area (Å²) < 4.78 is 77.6. The zero-order valence-corrected chi connectivity index (χ0v) is 22.2. The third-order valence-corrected chi connectivity index (χ3v) is 8.82. The van der Waals surface area contributed by atoms with Gasteiger partial charge in [0.25, 0.3) is 5.91 Å². The summed E-state index contributed by atoms with van der Waals surface area (Å²) in [6.45, 7) is 2.35. The number of piperazine rings is 1. The third-order valence-electron chi connectivity index (χ3n) is 6.98. The van der Waals surface area contributed by atoms with Gasteiger partial charge in [-0.25, -0.2) is 12.8 Å². The van der Waals surface area contributed by atoms with Crippen molar-refractivity contribution in [2.45, 2.75) is 19.1 Å². The van der Waals surface area contributed by atoms with Gasteiger partial charge in [0.1, 0.15) is 5.82 Å². The lowest BCUT2D eigenvalue weighted by Crippen LogP contribution is -2.47. The van der Waals surface area contributed by atoms with Gasteiger partial charge in [0.2, 0.25) is 0 Å². The highest BCUT2D eigenvalue weighted by Crippen LogP contribution is 2.39. The lowest BCUT2D eigenvalue weighted by Gasteiger charge is -2.37. The van der Waals surface area contributed by atoms with Crippen LogP contribution in [0.1, 0.15) is 22.3 Å². The van der Waals surface area contributed by atoms with E-state index in [9.17, 15) is 26.4 Å². The van der Waals surface area contributed by atoms with Gasteiger partial charge in [0.05, 0.1) is 23.5 Å². The minimum atomic E-state index is -4.23. The summed E-state index contributed by atoms with van der Waals surface area (Å²) in [5, 5.41) is 0.400. The van der Waals surface area contributed by atoms with E-state index >= 15 is 4.39 Å². The number of hydrogen-bond donors (Lipinski definition) is 1. The zero-order chi connectivity index (χ0) is 27.7. The number of nitrogens with zero attached hydrogens (tertiary/aromatic N) is 3. The van der Waals surface area contributed by atoms with Crippen molar-refractivity contribution in [2.24, 2.45) is 5.73 Å². The van der Waals surface area contributed by atoms with Crippen LogP contribution in [0.15, 0.2) is 30.3 Å². The fourth-order valence-corrected chi connectivity index (χ4v) is 6.30. The minimum absolute atomic E-state index is 0.00893. The molecule has 2 aromatic rings. The number of amides is 1. The van der Waals surface area contributed by atoms with Crippen LogP contribution in [0.5, 0.6) is 0 Å². The van der Waals surface area contributed by atoms with E-state index in [1.165, 1.54) is 6.07 Å². The smallest absolute Gasteiger partial charge is 0.368 e. The fourth-order valence-electron chi connectivity index (χ4n) is 4.85. The molecule has 2 heterocycles. The van der Waals surface area contributed by atoms with Crippen molar-refractivity contribution in [1.29, 1.82) is 0 Å². The monoisotopic (exact) mass is 576 g/mol. The highest BCUT2D eigenvalue weighted by Gasteiger charge is 2.30. The molecule has 0 unspecified atom stereocenters. The van der Waals surface area contributed by atoms with E-state index in [-0.39, 0.29) is 35.7 Å². The van der Waals surface area contributed by atoms with Crippen molar-refractivity contribution in [3.63, 3.8) is 0 Å². The minimum Gasteiger partial charge on any atom is -0.368 e. The first-order valence-corrected chi connectivity index (χ1v) is 14.4. The molecule has 0 saturated carbocycles. The largest absolute Gasteiger partial charge is 0.390 e. The number of rotatable bonds is 7. The molecule has 13 heteroatoms. The number of anilines is 1.